The monoisotopic (exact) mass is 387 g/mol. The van der Waals surface area contributed by atoms with Gasteiger partial charge in [0.15, 0.2) is 11.5 Å². The smallest absolute Gasteiger partial charge is 0.230 e. The molecule has 1 atom stereocenters. The van der Waals surface area contributed by atoms with Crippen molar-refractivity contribution in [3.05, 3.63) is 58.1 Å². The number of rotatable bonds is 8. The van der Waals surface area contributed by atoms with Gasteiger partial charge in [0.05, 0.1) is 26.0 Å². The van der Waals surface area contributed by atoms with Gasteiger partial charge in [-0.3, -0.25) is 4.79 Å². The molecule has 0 saturated carbocycles. The molecule has 0 aromatic heterocycles. The van der Waals surface area contributed by atoms with Gasteiger partial charge in [0, 0.05) is 5.75 Å². The first-order chi connectivity index (χ1) is 12.8. The van der Waals surface area contributed by atoms with Crippen LogP contribution in [0.4, 0.5) is 0 Å². The molecule has 1 amide bonds. The van der Waals surface area contributed by atoms with Crippen molar-refractivity contribution < 1.29 is 14.3 Å². The number of carbonyl (C=O) groups is 1. The summed E-state index contributed by atoms with van der Waals surface area (Å²) in [4.78, 5) is 12.3. The zero-order valence-corrected chi connectivity index (χ0v) is 17.8. The highest BCUT2D eigenvalue weighted by molar-refractivity contribution is 7.99. The molecule has 27 heavy (non-hydrogen) atoms. The molecule has 0 aliphatic rings. The van der Waals surface area contributed by atoms with E-state index in [0.717, 1.165) is 28.2 Å². The number of amides is 1. The lowest BCUT2D eigenvalue weighted by Crippen LogP contribution is -2.28. The Morgan fingerprint density at radius 3 is 2.30 bits per heavy atom. The van der Waals surface area contributed by atoms with Gasteiger partial charge in [0.2, 0.25) is 5.91 Å². The number of carbonyl (C=O) groups excluding carboxylic acids is 1. The Bertz CT molecular complexity index is 804. The van der Waals surface area contributed by atoms with Gasteiger partial charge in [-0.1, -0.05) is 18.2 Å². The van der Waals surface area contributed by atoms with Gasteiger partial charge in [-0.05, 0) is 67.6 Å². The minimum atomic E-state index is 0.000201. The summed E-state index contributed by atoms with van der Waals surface area (Å²) in [6.07, 6.45) is 0. The van der Waals surface area contributed by atoms with Crippen LogP contribution in [0.25, 0.3) is 0 Å². The fourth-order valence-electron chi connectivity index (χ4n) is 2.83. The van der Waals surface area contributed by atoms with Crippen molar-refractivity contribution in [3.8, 4) is 11.5 Å². The highest BCUT2D eigenvalue weighted by Crippen LogP contribution is 2.31. The van der Waals surface area contributed by atoms with Crippen molar-refractivity contribution in [2.45, 2.75) is 39.5 Å². The number of benzene rings is 2. The second-order valence-electron chi connectivity index (χ2n) is 6.76. The number of nitrogens with one attached hydrogen (secondary N) is 1. The molecule has 0 unspecified atom stereocenters. The third-order valence-corrected chi connectivity index (χ3v) is 5.72. The van der Waals surface area contributed by atoms with Crippen LogP contribution in [-0.2, 0) is 10.5 Å². The van der Waals surface area contributed by atoms with Crippen LogP contribution in [0, 0.1) is 20.8 Å². The van der Waals surface area contributed by atoms with Crippen LogP contribution in [0.2, 0.25) is 0 Å². The summed E-state index contributed by atoms with van der Waals surface area (Å²) in [5, 5.41) is 3.08. The second kappa shape index (κ2) is 9.70. The minimum Gasteiger partial charge on any atom is -0.493 e. The zero-order valence-electron chi connectivity index (χ0n) is 17.0. The summed E-state index contributed by atoms with van der Waals surface area (Å²) in [7, 11) is 3.26. The number of aryl methyl sites for hydroxylation is 3. The Morgan fingerprint density at radius 1 is 1.00 bits per heavy atom. The lowest BCUT2D eigenvalue weighted by Gasteiger charge is -2.16. The maximum Gasteiger partial charge on any atom is 0.230 e. The summed E-state index contributed by atoms with van der Waals surface area (Å²) in [5.41, 5.74) is 5.91. The fourth-order valence-corrected chi connectivity index (χ4v) is 3.73. The molecule has 4 nitrogen and oxygen atoms in total. The van der Waals surface area contributed by atoms with E-state index in [1.54, 1.807) is 26.0 Å². The SMILES string of the molecule is COc1cc(C)c(CSCC(=O)N[C@@H](C)c2ccc(C)c(C)c2)cc1OC. The van der Waals surface area contributed by atoms with Gasteiger partial charge in [-0.25, -0.2) is 0 Å². The minimum absolute atomic E-state index is 0.000201. The van der Waals surface area contributed by atoms with E-state index < -0.39 is 0 Å². The van der Waals surface area contributed by atoms with Crippen molar-refractivity contribution in [3.63, 3.8) is 0 Å². The van der Waals surface area contributed by atoms with Gasteiger partial charge in [-0.15, -0.1) is 11.8 Å². The summed E-state index contributed by atoms with van der Waals surface area (Å²) >= 11 is 1.60. The molecule has 0 saturated heterocycles. The van der Waals surface area contributed by atoms with E-state index in [2.05, 4.69) is 37.4 Å². The molecule has 1 N–H and O–H groups in total. The molecule has 146 valence electrons. The highest BCUT2D eigenvalue weighted by Gasteiger charge is 2.12. The molecule has 2 aromatic carbocycles. The molecule has 0 radical (unpaired) electrons. The molecule has 0 aliphatic heterocycles. The fraction of sp³-hybridized carbons (Fsp3) is 0.409. The molecule has 0 heterocycles. The van der Waals surface area contributed by atoms with Gasteiger partial charge in [-0.2, -0.15) is 0 Å². The Labute approximate surface area is 166 Å². The van der Waals surface area contributed by atoms with Crippen LogP contribution in [0.5, 0.6) is 11.5 Å². The lowest BCUT2D eigenvalue weighted by atomic mass is 10.0. The van der Waals surface area contributed by atoms with Gasteiger partial charge >= 0.3 is 0 Å². The van der Waals surface area contributed by atoms with Crippen LogP contribution in [-0.4, -0.2) is 25.9 Å². The van der Waals surface area contributed by atoms with E-state index in [-0.39, 0.29) is 11.9 Å². The maximum absolute atomic E-state index is 12.3. The Kier molecular flexibility index (Phi) is 7.60. The van der Waals surface area contributed by atoms with Crippen LogP contribution in [0.1, 0.15) is 40.8 Å². The summed E-state index contributed by atoms with van der Waals surface area (Å²) in [6, 6.07) is 10.3. The lowest BCUT2D eigenvalue weighted by molar-refractivity contribution is -0.119. The normalized spacial score (nSPS) is 11.8. The topological polar surface area (TPSA) is 47.6 Å². The largest absolute Gasteiger partial charge is 0.493 e. The van der Waals surface area contributed by atoms with Gasteiger partial charge < -0.3 is 14.8 Å². The number of hydrogen-bond donors (Lipinski definition) is 1. The summed E-state index contributed by atoms with van der Waals surface area (Å²) < 4.78 is 10.7. The van der Waals surface area contributed by atoms with Crippen LogP contribution in [0.3, 0.4) is 0 Å². The van der Waals surface area contributed by atoms with Crippen molar-refractivity contribution in [1.82, 2.24) is 5.32 Å². The number of hydrogen-bond acceptors (Lipinski definition) is 4. The van der Waals surface area contributed by atoms with Gasteiger partial charge in [0.25, 0.3) is 0 Å². The third kappa shape index (κ3) is 5.67. The molecule has 5 heteroatoms. The van der Waals surface area contributed by atoms with Crippen molar-refractivity contribution >= 4 is 17.7 Å². The molecule has 0 aliphatic carbocycles. The van der Waals surface area contributed by atoms with E-state index in [9.17, 15) is 4.79 Å². The molecule has 0 bridgehead atoms. The number of thioether (sulfide) groups is 1. The van der Waals surface area contributed by atoms with Crippen LogP contribution in [0.15, 0.2) is 30.3 Å². The Hall–Kier alpha value is -2.14. The first-order valence-electron chi connectivity index (χ1n) is 9.01. The Balaban J connectivity index is 1.89. The van der Waals surface area contributed by atoms with Gasteiger partial charge in [0.1, 0.15) is 0 Å². The molecule has 2 rings (SSSR count). The predicted octanol–water partition coefficient (Wildman–Crippen LogP) is 4.74. The van der Waals surface area contributed by atoms with Crippen molar-refractivity contribution in [1.29, 1.82) is 0 Å². The molecule has 0 fully saturated rings. The first kappa shape index (κ1) is 21.2. The van der Waals surface area contributed by atoms with E-state index in [0.29, 0.717) is 11.5 Å². The van der Waals surface area contributed by atoms with Crippen molar-refractivity contribution in [2.24, 2.45) is 0 Å². The summed E-state index contributed by atoms with van der Waals surface area (Å²) in [5.74, 6) is 2.65. The van der Waals surface area contributed by atoms with E-state index >= 15 is 0 Å². The highest BCUT2D eigenvalue weighted by atomic mass is 32.2. The zero-order chi connectivity index (χ0) is 20.0. The summed E-state index contributed by atoms with van der Waals surface area (Å²) in [6.45, 7) is 8.24. The van der Waals surface area contributed by atoms with Crippen LogP contribution >= 0.6 is 11.8 Å². The average molecular weight is 388 g/mol. The van der Waals surface area contributed by atoms with Crippen molar-refractivity contribution in [2.75, 3.05) is 20.0 Å². The standard InChI is InChI=1S/C22H29NO3S/c1-14-7-8-18(9-15(14)2)17(4)23-22(24)13-27-12-19-11-21(26-6)20(25-5)10-16(19)3/h7-11,17H,12-13H2,1-6H3,(H,23,24)/t17-/m0/s1. The van der Waals surface area contributed by atoms with E-state index in [1.165, 1.54) is 11.1 Å². The molecule has 2 aromatic rings. The molecular formula is C22H29NO3S. The van der Waals surface area contributed by atoms with Crippen LogP contribution < -0.4 is 14.8 Å². The van der Waals surface area contributed by atoms with E-state index in [1.807, 2.05) is 26.0 Å². The Morgan fingerprint density at radius 2 is 1.67 bits per heavy atom. The molecule has 0 spiro atoms. The predicted molar refractivity (Wildman–Crippen MR) is 113 cm³/mol. The quantitative estimate of drug-likeness (QED) is 0.711. The molecular weight excluding hydrogens is 358 g/mol. The third-order valence-electron chi connectivity index (χ3n) is 4.74. The average Bonchev–Trinajstić information content (AvgIpc) is 2.64. The van der Waals surface area contributed by atoms with E-state index in [4.69, 9.17) is 9.47 Å². The number of ether oxygens (including phenoxy) is 2. The first-order valence-corrected chi connectivity index (χ1v) is 10.2. The number of methoxy groups -OCH3 is 2. The second-order valence-corrected chi connectivity index (χ2v) is 7.74. The maximum atomic E-state index is 12.3.